The van der Waals surface area contributed by atoms with Crippen LogP contribution in [0.1, 0.15) is 17.5 Å². The highest BCUT2D eigenvalue weighted by atomic mass is 79.9. The van der Waals surface area contributed by atoms with Gasteiger partial charge in [0.2, 0.25) is 11.8 Å². The molecule has 1 unspecified atom stereocenters. The minimum absolute atomic E-state index is 0.0241. The van der Waals surface area contributed by atoms with Gasteiger partial charge in [-0.15, -0.1) is 0 Å². The van der Waals surface area contributed by atoms with Crippen molar-refractivity contribution < 1.29 is 9.59 Å². The number of aryl methyl sites for hydroxylation is 2. The quantitative estimate of drug-likeness (QED) is 0.864. The summed E-state index contributed by atoms with van der Waals surface area (Å²) in [6.45, 7) is 4.38. The molecular formula is C19H19BrN2O2. The Labute approximate surface area is 150 Å². The van der Waals surface area contributed by atoms with Crippen LogP contribution >= 0.6 is 15.9 Å². The van der Waals surface area contributed by atoms with Crippen LogP contribution in [-0.4, -0.2) is 18.4 Å². The van der Waals surface area contributed by atoms with Crippen LogP contribution in [0.5, 0.6) is 0 Å². The van der Waals surface area contributed by atoms with Crippen LogP contribution in [0.3, 0.4) is 0 Å². The smallest absolute Gasteiger partial charge is 0.229 e. The standard InChI is InChI=1S/C19H19BrN2O2/c1-12-4-3-5-15(8-12)21-19(24)14-10-18(23)22(11-14)17-7-6-13(2)9-16(17)20/h3-9,14H,10-11H2,1-2H3,(H,21,24). The minimum atomic E-state index is -0.341. The van der Waals surface area contributed by atoms with Gasteiger partial charge in [0.05, 0.1) is 11.6 Å². The second-order valence-electron chi connectivity index (χ2n) is 6.22. The fourth-order valence-electron chi connectivity index (χ4n) is 2.91. The van der Waals surface area contributed by atoms with Crippen LogP contribution < -0.4 is 10.2 Å². The van der Waals surface area contributed by atoms with E-state index in [1.807, 2.05) is 56.3 Å². The summed E-state index contributed by atoms with van der Waals surface area (Å²) in [6.07, 6.45) is 0.234. The van der Waals surface area contributed by atoms with Crippen molar-refractivity contribution in [3.63, 3.8) is 0 Å². The van der Waals surface area contributed by atoms with Crippen LogP contribution in [0.4, 0.5) is 11.4 Å². The van der Waals surface area contributed by atoms with E-state index in [4.69, 9.17) is 0 Å². The van der Waals surface area contributed by atoms with Gasteiger partial charge in [-0.3, -0.25) is 9.59 Å². The molecular weight excluding hydrogens is 368 g/mol. The van der Waals surface area contributed by atoms with E-state index in [0.29, 0.717) is 6.54 Å². The van der Waals surface area contributed by atoms with E-state index in [2.05, 4.69) is 21.2 Å². The van der Waals surface area contributed by atoms with Crippen molar-refractivity contribution in [3.8, 4) is 0 Å². The summed E-state index contributed by atoms with van der Waals surface area (Å²) in [6, 6.07) is 13.5. The van der Waals surface area contributed by atoms with E-state index in [1.54, 1.807) is 4.90 Å². The first-order valence-electron chi connectivity index (χ1n) is 7.88. The topological polar surface area (TPSA) is 49.4 Å². The number of benzene rings is 2. The van der Waals surface area contributed by atoms with Crippen molar-refractivity contribution in [1.29, 1.82) is 0 Å². The molecule has 1 aliphatic heterocycles. The van der Waals surface area contributed by atoms with Crippen molar-refractivity contribution in [2.75, 3.05) is 16.8 Å². The van der Waals surface area contributed by atoms with E-state index in [0.717, 1.165) is 27.0 Å². The minimum Gasteiger partial charge on any atom is -0.326 e. The first-order chi connectivity index (χ1) is 11.4. The van der Waals surface area contributed by atoms with Crippen LogP contribution in [0.15, 0.2) is 46.9 Å². The van der Waals surface area contributed by atoms with Crippen molar-refractivity contribution in [2.24, 2.45) is 5.92 Å². The van der Waals surface area contributed by atoms with Crippen molar-refractivity contribution in [2.45, 2.75) is 20.3 Å². The summed E-state index contributed by atoms with van der Waals surface area (Å²) < 4.78 is 0.871. The summed E-state index contributed by atoms with van der Waals surface area (Å²) in [5.74, 6) is -0.477. The largest absolute Gasteiger partial charge is 0.326 e. The Balaban J connectivity index is 1.73. The number of nitrogens with zero attached hydrogens (tertiary/aromatic N) is 1. The summed E-state index contributed by atoms with van der Waals surface area (Å²) in [5.41, 5.74) is 3.78. The molecule has 1 aliphatic rings. The van der Waals surface area contributed by atoms with E-state index < -0.39 is 0 Å². The Morgan fingerprint density at radius 2 is 1.92 bits per heavy atom. The highest BCUT2D eigenvalue weighted by Gasteiger charge is 2.35. The third kappa shape index (κ3) is 3.51. The molecule has 124 valence electrons. The van der Waals surface area contributed by atoms with Gasteiger partial charge in [-0.05, 0) is 65.2 Å². The Morgan fingerprint density at radius 3 is 2.62 bits per heavy atom. The van der Waals surface area contributed by atoms with E-state index >= 15 is 0 Å². The molecule has 5 heteroatoms. The summed E-state index contributed by atoms with van der Waals surface area (Å²) in [4.78, 5) is 26.5. The van der Waals surface area contributed by atoms with Gasteiger partial charge in [0.25, 0.3) is 0 Å². The van der Waals surface area contributed by atoms with E-state index in [1.165, 1.54) is 0 Å². The molecule has 1 fully saturated rings. The van der Waals surface area contributed by atoms with E-state index in [9.17, 15) is 9.59 Å². The van der Waals surface area contributed by atoms with Crippen LogP contribution in [-0.2, 0) is 9.59 Å². The zero-order chi connectivity index (χ0) is 17.3. The lowest BCUT2D eigenvalue weighted by atomic mass is 10.1. The molecule has 0 saturated carbocycles. The highest BCUT2D eigenvalue weighted by molar-refractivity contribution is 9.10. The molecule has 0 radical (unpaired) electrons. The maximum Gasteiger partial charge on any atom is 0.229 e. The Kier molecular flexibility index (Phi) is 4.71. The fourth-order valence-corrected chi connectivity index (χ4v) is 3.62. The second kappa shape index (κ2) is 6.77. The van der Waals surface area contributed by atoms with Crippen LogP contribution in [0.2, 0.25) is 0 Å². The second-order valence-corrected chi connectivity index (χ2v) is 7.07. The number of amides is 2. The van der Waals surface area contributed by atoms with Crippen molar-refractivity contribution in [3.05, 3.63) is 58.1 Å². The fraction of sp³-hybridized carbons (Fsp3) is 0.263. The third-order valence-electron chi connectivity index (χ3n) is 4.18. The van der Waals surface area contributed by atoms with E-state index in [-0.39, 0.29) is 24.2 Å². The number of halogens is 1. The highest BCUT2D eigenvalue weighted by Crippen LogP contribution is 2.32. The van der Waals surface area contributed by atoms with Gasteiger partial charge in [0.15, 0.2) is 0 Å². The number of carbonyl (C=O) groups excluding carboxylic acids is 2. The summed E-state index contributed by atoms with van der Waals surface area (Å²) in [7, 11) is 0. The average Bonchev–Trinajstić information content (AvgIpc) is 2.89. The maximum absolute atomic E-state index is 12.5. The van der Waals surface area contributed by atoms with Crippen molar-refractivity contribution in [1.82, 2.24) is 0 Å². The Hall–Kier alpha value is -2.14. The zero-order valence-electron chi connectivity index (χ0n) is 13.7. The predicted octanol–water partition coefficient (Wildman–Crippen LogP) is 4.06. The number of hydrogen-bond acceptors (Lipinski definition) is 2. The molecule has 1 atom stereocenters. The van der Waals surface area contributed by atoms with Gasteiger partial charge in [-0.2, -0.15) is 0 Å². The molecule has 0 aromatic heterocycles. The first kappa shape index (κ1) is 16.7. The normalized spacial score (nSPS) is 17.2. The molecule has 2 aromatic carbocycles. The number of anilines is 2. The number of carbonyl (C=O) groups is 2. The van der Waals surface area contributed by atoms with Gasteiger partial charge < -0.3 is 10.2 Å². The Bertz CT molecular complexity index is 804. The molecule has 4 nitrogen and oxygen atoms in total. The summed E-state index contributed by atoms with van der Waals surface area (Å²) >= 11 is 3.51. The van der Waals surface area contributed by atoms with Gasteiger partial charge in [-0.1, -0.05) is 18.2 Å². The van der Waals surface area contributed by atoms with Crippen LogP contribution in [0, 0.1) is 19.8 Å². The lowest BCUT2D eigenvalue weighted by molar-refractivity contribution is -0.122. The molecule has 3 rings (SSSR count). The van der Waals surface area contributed by atoms with Crippen LogP contribution in [0.25, 0.3) is 0 Å². The maximum atomic E-state index is 12.5. The summed E-state index contributed by atoms with van der Waals surface area (Å²) in [5, 5.41) is 2.91. The monoisotopic (exact) mass is 386 g/mol. The van der Waals surface area contributed by atoms with Crippen molar-refractivity contribution >= 4 is 39.1 Å². The molecule has 0 aliphatic carbocycles. The van der Waals surface area contributed by atoms with Gasteiger partial charge in [-0.25, -0.2) is 0 Å². The van der Waals surface area contributed by atoms with Gasteiger partial charge >= 0.3 is 0 Å². The Morgan fingerprint density at radius 1 is 1.17 bits per heavy atom. The first-order valence-corrected chi connectivity index (χ1v) is 8.67. The number of rotatable bonds is 3. The lowest BCUT2D eigenvalue weighted by Crippen LogP contribution is -2.28. The van der Waals surface area contributed by atoms with Gasteiger partial charge in [0, 0.05) is 23.1 Å². The average molecular weight is 387 g/mol. The number of hydrogen-bond donors (Lipinski definition) is 1. The molecule has 1 saturated heterocycles. The molecule has 0 spiro atoms. The SMILES string of the molecule is Cc1cccc(NC(=O)C2CC(=O)N(c3ccc(C)cc3Br)C2)c1. The molecule has 1 heterocycles. The zero-order valence-corrected chi connectivity index (χ0v) is 15.3. The molecule has 2 amide bonds. The molecule has 1 N–H and O–H groups in total. The lowest BCUT2D eigenvalue weighted by Gasteiger charge is -2.18. The molecule has 0 bridgehead atoms. The molecule has 24 heavy (non-hydrogen) atoms. The van der Waals surface area contributed by atoms with Gasteiger partial charge in [0.1, 0.15) is 0 Å². The third-order valence-corrected chi connectivity index (χ3v) is 4.81. The molecule has 2 aromatic rings. The number of nitrogens with one attached hydrogen (secondary N) is 1. The predicted molar refractivity (Wildman–Crippen MR) is 99.1 cm³/mol.